The number of benzene rings is 1. The van der Waals surface area contributed by atoms with Gasteiger partial charge in [-0.25, -0.2) is 4.39 Å². The van der Waals surface area contributed by atoms with Crippen LogP contribution in [0.25, 0.3) is 0 Å². The van der Waals surface area contributed by atoms with Crippen LogP contribution in [0.15, 0.2) is 10.5 Å². The molecule has 3 nitrogen and oxygen atoms in total. The molecule has 18 heavy (non-hydrogen) atoms. The van der Waals surface area contributed by atoms with Gasteiger partial charge in [-0.2, -0.15) is 0 Å². The highest BCUT2D eigenvalue weighted by atomic mass is 79.9. The molecule has 1 aromatic carbocycles. The average molecular weight is 317 g/mol. The molecule has 0 amide bonds. The van der Waals surface area contributed by atoms with Crippen molar-refractivity contribution in [3.05, 3.63) is 27.5 Å². The molecule has 0 heterocycles. The second kappa shape index (κ2) is 4.88. The number of phenolic OH excluding ortho intramolecular Hbond substituents is 1. The van der Waals surface area contributed by atoms with Gasteiger partial charge < -0.3 is 10.2 Å². The highest BCUT2D eigenvalue weighted by Gasteiger charge is 2.37. The summed E-state index contributed by atoms with van der Waals surface area (Å²) < 4.78 is 14.1. The van der Waals surface area contributed by atoms with Crippen LogP contribution in [0.5, 0.6) is 5.75 Å². The van der Waals surface area contributed by atoms with Crippen LogP contribution in [-0.4, -0.2) is 16.2 Å². The van der Waals surface area contributed by atoms with Gasteiger partial charge in [0.25, 0.3) is 0 Å². The molecule has 1 unspecified atom stereocenters. The first-order chi connectivity index (χ1) is 8.41. The molecule has 2 rings (SSSR count). The Morgan fingerprint density at radius 2 is 2.22 bits per heavy atom. The van der Waals surface area contributed by atoms with Crippen molar-refractivity contribution in [3.63, 3.8) is 0 Å². The zero-order chi connectivity index (χ0) is 13.4. The molecule has 0 saturated heterocycles. The molecule has 1 aliphatic rings. The summed E-state index contributed by atoms with van der Waals surface area (Å²) in [6, 6.07) is 1.21. The molecule has 1 atom stereocenters. The maximum Gasteiger partial charge on any atom is 0.303 e. The van der Waals surface area contributed by atoms with E-state index in [1.807, 2.05) is 0 Å². The Hall–Kier alpha value is -1.10. The molecule has 5 heteroatoms. The van der Waals surface area contributed by atoms with Gasteiger partial charge in [0.15, 0.2) is 11.6 Å². The minimum absolute atomic E-state index is 0.0744. The Labute approximate surface area is 113 Å². The van der Waals surface area contributed by atoms with Crippen LogP contribution in [0, 0.1) is 18.7 Å². The normalized spacial score (nSPS) is 16.6. The summed E-state index contributed by atoms with van der Waals surface area (Å²) in [6.45, 7) is 1.76. The molecular weight excluding hydrogens is 303 g/mol. The third kappa shape index (κ3) is 2.51. The van der Waals surface area contributed by atoms with E-state index in [9.17, 15) is 14.3 Å². The van der Waals surface area contributed by atoms with Crippen LogP contribution >= 0.6 is 15.9 Å². The second-order valence-electron chi connectivity index (χ2n) is 4.77. The Balaban J connectivity index is 2.49. The van der Waals surface area contributed by atoms with Crippen molar-refractivity contribution in [2.45, 2.75) is 32.1 Å². The number of aromatic hydroxyl groups is 1. The maximum absolute atomic E-state index is 13.6. The molecule has 0 radical (unpaired) electrons. The lowest BCUT2D eigenvalue weighted by Gasteiger charge is -2.20. The van der Waals surface area contributed by atoms with Crippen molar-refractivity contribution in [2.24, 2.45) is 5.92 Å². The summed E-state index contributed by atoms with van der Waals surface area (Å²) in [5, 5.41) is 18.8. The predicted molar refractivity (Wildman–Crippen MR) is 68.2 cm³/mol. The number of phenols is 1. The second-order valence-corrected chi connectivity index (χ2v) is 5.62. The molecule has 0 bridgehead atoms. The first-order valence-electron chi connectivity index (χ1n) is 5.81. The largest absolute Gasteiger partial charge is 0.505 e. The maximum atomic E-state index is 13.6. The first kappa shape index (κ1) is 13.3. The van der Waals surface area contributed by atoms with Crippen LogP contribution in [0.3, 0.4) is 0 Å². The van der Waals surface area contributed by atoms with E-state index < -0.39 is 17.5 Å². The van der Waals surface area contributed by atoms with Crippen LogP contribution in [0.4, 0.5) is 4.39 Å². The van der Waals surface area contributed by atoms with Crippen molar-refractivity contribution in [1.82, 2.24) is 0 Å². The van der Waals surface area contributed by atoms with Crippen molar-refractivity contribution >= 4 is 21.9 Å². The van der Waals surface area contributed by atoms with Gasteiger partial charge in [0.1, 0.15) is 0 Å². The highest BCUT2D eigenvalue weighted by Crippen LogP contribution is 2.49. The topological polar surface area (TPSA) is 57.5 Å². The van der Waals surface area contributed by atoms with Crippen LogP contribution in [0.1, 0.15) is 36.3 Å². The zero-order valence-corrected chi connectivity index (χ0v) is 11.5. The third-order valence-corrected chi connectivity index (χ3v) is 4.28. The molecule has 1 aliphatic carbocycles. The summed E-state index contributed by atoms with van der Waals surface area (Å²) in [5.41, 5.74) is 1.15. The van der Waals surface area contributed by atoms with Gasteiger partial charge in [-0.05, 0) is 37.3 Å². The Kier molecular flexibility index (Phi) is 3.61. The predicted octanol–water partition coefficient (Wildman–Crippen LogP) is 3.57. The van der Waals surface area contributed by atoms with Gasteiger partial charge in [-0.15, -0.1) is 0 Å². The minimum Gasteiger partial charge on any atom is -0.505 e. The quantitative estimate of drug-likeness (QED) is 0.892. The van der Waals surface area contributed by atoms with Gasteiger partial charge in [-0.1, -0.05) is 15.9 Å². The van der Waals surface area contributed by atoms with Gasteiger partial charge >= 0.3 is 5.97 Å². The monoisotopic (exact) mass is 316 g/mol. The van der Waals surface area contributed by atoms with Crippen molar-refractivity contribution in [2.75, 3.05) is 0 Å². The molecule has 2 N–H and O–H groups in total. The van der Waals surface area contributed by atoms with E-state index in [-0.39, 0.29) is 18.3 Å². The number of aliphatic carboxylic acids is 1. The zero-order valence-electron chi connectivity index (χ0n) is 9.91. The van der Waals surface area contributed by atoms with Gasteiger partial charge in [0.05, 0.1) is 6.42 Å². The van der Waals surface area contributed by atoms with Crippen molar-refractivity contribution < 1.29 is 19.4 Å². The van der Waals surface area contributed by atoms with E-state index in [0.29, 0.717) is 15.6 Å². The fourth-order valence-corrected chi connectivity index (χ4v) is 2.78. The molecule has 0 aromatic heterocycles. The molecule has 0 spiro atoms. The summed E-state index contributed by atoms with van der Waals surface area (Å²) in [6.07, 6.45) is 1.80. The summed E-state index contributed by atoms with van der Waals surface area (Å²) in [4.78, 5) is 10.9. The number of hydrogen-bond acceptors (Lipinski definition) is 2. The van der Waals surface area contributed by atoms with Gasteiger partial charge in [-0.3, -0.25) is 4.79 Å². The minimum atomic E-state index is -0.925. The molecule has 0 aliphatic heterocycles. The lowest BCUT2D eigenvalue weighted by atomic mass is 9.87. The van der Waals surface area contributed by atoms with E-state index in [0.717, 1.165) is 12.8 Å². The van der Waals surface area contributed by atoms with E-state index in [2.05, 4.69) is 15.9 Å². The fraction of sp³-hybridized carbons (Fsp3) is 0.462. The standard InChI is InChI=1S/C13H14BrFO3/c1-6-9(14)5-10(15)13(18)12(6)8(4-11(16)17)7-2-3-7/h5,7-8,18H,2-4H2,1H3,(H,16,17). The number of hydrogen-bond donors (Lipinski definition) is 2. The summed E-state index contributed by atoms with van der Waals surface area (Å²) in [5.74, 6) is -2.12. The Morgan fingerprint density at radius 3 is 2.72 bits per heavy atom. The van der Waals surface area contributed by atoms with E-state index >= 15 is 0 Å². The number of carboxylic acid groups (broad SMARTS) is 1. The van der Waals surface area contributed by atoms with Crippen molar-refractivity contribution in [1.29, 1.82) is 0 Å². The van der Waals surface area contributed by atoms with Crippen molar-refractivity contribution in [3.8, 4) is 5.75 Å². The molecular formula is C13H14BrFO3. The van der Waals surface area contributed by atoms with Gasteiger partial charge in [0, 0.05) is 16.0 Å². The number of carboxylic acids is 1. The van der Waals surface area contributed by atoms with E-state index in [1.54, 1.807) is 6.92 Å². The summed E-state index contributed by atoms with van der Waals surface area (Å²) in [7, 11) is 0. The number of halogens is 2. The van der Waals surface area contributed by atoms with Crippen LogP contribution < -0.4 is 0 Å². The Morgan fingerprint density at radius 1 is 1.61 bits per heavy atom. The molecule has 98 valence electrons. The van der Waals surface area contributed by atoms with Crippen LogP contribution in [-0.2, 0) is 4.79 Å². The SMILES string of the molecule is Cc1c(Br)cc(F)c(O)c1C(CC(=O)O)C1CC1. The average Bonchev–Trinajstić information content (AvgIpc) is 3.08. The first-order valence-corrected chi connectivity index (χ1v) is 6.60. The summed E-state index contributed by atoms with van der Waals surface area (Å²) >= 11 is 3.24. The van der Waals surface area contributed by atoms with E-state index in [4.69, 9.17) is 5.11 Å². The smallest absolute Gasteiger partial charge is 0.303 e. The molecule has 1 fully saturated rings. The number of carbonyl (C=O) groups is 1. The van der Waals surface area contributed by atoms with E-state index in [1.165, 1.54) is 6.07 Å². The number of rotatable bonds is 4. The molecule has 1 aromatic rings. The molecule has 1 saturated carbocycles. The Bertz CT molecular complexity index is 471. The lowest BCUT2D eigenvalue weighted by molar-refractivity contribution is -0.137. The van der Waals surface area contributed by atoms with Crippen LogP contribution in [0.2, 0.25) is 0 Å². The fourth-order valence-electron chi connectivity index (χ4n) is 2.37. The highest BCUT2D eigenvalue weighted by molar-refractivity contribution is 9.10. The third-order valence-electron chi connectivity index (χ3n) is 3.45. The van der Waals surface area contributed by atoms with Gasteiger partial charge in [0.2, 0.25) is 0 Å². The lowest BCUT2D eigenvalue weighted by Crippen LogP contribution is -2.11.